The summed E-state index contributed by atoms with van der Waals surface area (Å²) in [6.45, 7) is 3.24. The van der Waals surface area contributed by atoms with Gasteiger partial charge in [0.15, 0.2) is 11.0 Å². The summed E-state index contributed by atoms with van der Waals surface area (Å²) in [5.74, 6) is 1.47. The molecule has 0 fully saturated rings. The van der Waals surface area contributed by atoms with Crippen molar-refractivity contribution < 1.29 is 4.74 Å². The highest BCUT2D eigenvalue weighted by Gasteiger charge is 2.08. The summed E-state index contributed by atoms with van der Waals surface area (Å²) in [7, 11) is 3.59. The lowest BCUT2D eigenvalue weighted by Crippen LogP contribution is -2.05. The fourth-order valence-electron chi connectivity index (χ4n) is 1.53. The van der Waals surface area contributed by atoms with Crippen LogP contribution in [0, 0.1) is 0 Å². The molecule has 1 N–H and O–H groups in total. The zero-order valence-corrected chi connectivity index (χ0v) is 12.1. The molecule has 0 amide bonds. The summed E-state index contributed by atoms with van der Waals surface area (Å²) in [5.41, 5.74) is 0. The van der Waals surface area contributed by atoms with Gasteiger partial charge in [-0.05, 0) is 18.7 Å². The van der Waals surface area contributed by atoms with Gasteiger partial charge in [-0.3, -0.25) is 0 Å². The monoisotopic (exact) mass is 279 g/mol. The lowest BCUT2D eigenvalue weighted by atomic mass is 10.5. The van der Waals surface area contributed by atoms with Crippen molar-refractivity contribution in [3.63, 3.8) is 0 Å². The van der Waals surface area contributed by atoms with E-state index in [1.54, 1.807) is 13.3 Å². The van der Waals surface area contributed by atoms with Gasteiger partial charge < -0.3 is 14.6 Å². The summed E-state index contributed by atoms with van der Waals surface area (Å²) >= 11 is 1.51. The maximum atomic E-state index is 5.09. The largest absolute Gasteiger partial charge is 0.377 e. The predicted molar refractivity (Wildman–Crippen MR) is 74.2 cm³/mol. The third-order valence-corrected chi connectivity index (χ3v) is 3.35. The minimum atomic E-state index is 0.396. The number of aryl methyl sites for hydroxylation is 1. The molecule has 102 valence electrons. The highest BCUT2D eigenvalue weighted by Crippen LogP contribution is 2.25. The molecule has 0 saturated carbocycles. The normalized spacial score (nSPS) is 10.7. The van der Waals surface area contributed by atoms with Crippen LogP contribution >= 0.6 is 11.8 Å². The van der Waals surface area contributed by atoms with Crippen LogP contribution in [-0.4, -0.2) is 33.2 Å². The summed E-state index contributed by atoms with van der Waals surface area (Å²) in [6, 6.07) is 1.92. The first-order valence-electron chi connectivity index (χ1n) is 5.99. The molecule has 2 aromatic rings. The second-order valence-corrected chi connectivity index (χ2v) is 4.88. The van der Waals surface area contributed by atoms with E-state index in [0.29, 0.717) is 12.4 Å². The van der Waals surface area contributed by atoms with E-state index in [9.17, 15) is 0 Å². The first-order valence-corrected chi connectivity index (χ1v) is 6.80. The number of aromatic nitrogens is 4. The number of hydrogen-bond donors (Lipinski definition) is 1. The van der Waals surface area contributed by atoms with Gasteiger partial charge in [0.1, 0.15) is 17.5 Å². The fourth-order valence-corrected chi connectivity index (χ4v) is 2.36. The summed E-state index contributed by atoms with van der Waals surface area (Å²) in [6.07, 6.45) is 3.68. The molecule has 0 radical (unpaired) electrons. The number of methoxy groups -OCH3 is 1. The summed E-state index contributed by atoms with van der Waals surface area (Å²) in [4.78, 5) is 13.1. The van der Waals surface area contributed by atoms with E-state index in [1.807, 2.05) is 30.8 Å². The Hall–Kier alpha value is -1.60. The van der Waals surface area contributed by atoms with Crippen molar-refractivity contribution in [2.45, 2.75) is 23.7 Å². The van der Waals surface area contributed by atoms with Crippen LogP contribution in [-0.2, 0) is 18.4 Å². The Balaban J connectivity index is 2.25. The van der Waals surface area contributed by atoms with Crippen LogP contribution in [0.2, 0.25) is 0 Å². The molecule has 0 spiro atoms. The van der Waals surface area contributed by atoms with Gasteiger partial charge in [0.25, 0.3) is 0 Å². The lowest BCUT2D eigenvalue weighted by Gasteiger charge is -2.08. The zero-order valence-electron chi connectivity index (χ0n) is 11.3. The van der Waals surface area contributed by atoms with Gasteiger partial charge in [-0.15, -0.1) is 0 Å². The van der Waals surface area contributed by atoms with Gasteiger partial charge in [0, 0.05) is 39.2 Å². The lowest BCUT2D eigenvalue weighted by molar-refractivity contribution is 0.177. The Bertz CT molecular complexity index is 518. The van der Waals surface area contributed by atoms with E-state index in [4.69, 9.17) is 4.74 Å². The smallest absolute Gasteiger partial charge is 0.174 e. The van der Waals surface area contributed by atoms with Crippen LogP contribution in [0.4, 0.5) is 5.82 Å². The molecule has 7 heteroatoms. The van der Waals surface area contributed by atoms with Crippen LogP contribution in [0.1, 0.15) is 12.7 Å². The number of ether oxygens (including phenoxy) is 1. The zero-order chi connectivity index (χ0) is 13.7. The molecule has 19 heavy (non-hydrogen) atoms. The molecule has 2 rings (SSSR count). The number of anilines is 1. The van der Waals surface area contributed by atoms with Gasteiger partial charge in [-0.1, -0.05) is 0 Å². The maximum Gasteiger partial charge on any atom is 0.174 e. The van der Waals surface area contributed by atoms with Gasteiger partial charge >= 0.3 is 0 Å². The van der Waals surface area contributed by atoms with Crippen molar-refractivity contribution >= 4 is 17.6 Å². The Morgan fingerprint density at radius 3 is 2.89 bits per heavy atom. The number of imidazole rings is 1. The van der Waals surface area contributed by atoms with Gasteiger partial charge in [0.2, 0.25) is 0 Å². The average Bonchev–Trinajstić information content (AvgIpc) is 2.76. The van der Waals surface area contributed by atoms with Crippen LogP contribution in [0.3, 0.4) is 0 Å². The predicted octanol–water partition coefficient (Wildman–Crippen LogP) is 1.94. The third-order valence-electron chi connectivity index (χ3n) is 2.35. The van der Waals surface area contributed by atoms with E-state index in [1.165, 1.54) is 11.8 Å². The number of nitrogens with one attached hydrogen (secondary N) is 1. The summed E-state index contributed by atoms with van der Waals surface area (Å²) in [5, 5.41) is 4.94. The topological polar surface area (TPSA) is 64.9 Å². The first kappa shape index (κ1) is 13.8. The Labute approximate surface area is 116 Å². The molecule has 0 atom stereocenters. The molecule has 2 aromatic heterocycles. The first-order chi connectivity index (χ1) is 9.22. The average molecular weight is 279 g/mol. The minimum Gasteiger partial charge on any atom is -0.377 e. The van der Waals surface area contributed by atoms with Crippen molar-refractivity contribution in [1.29, 1.82) is 0 Å². The molecule has 6 nitrogen and oxygen atoms in total. The van der Waals surface area contributed by atoms with E-state index < -0.39 is 0 Å². The van der Waals surface area contributed by atoms with Crippen LogP contribution in [0.15, 0.2) is 28.6 Å². The molecule has 2 heterocycles. The highest BCUT2D eigenvalue weighted by molar-refractivity contribution is 7.99. The molecule has 0 aliphatic heterocycles. The molecule has 0 aliphatic carbocycles. The standard InChI is InChI=1S/C12H17N5OS/c1-4-13-9-7-11(16-10(15-9)8-18-3)19-12-14-5-6-17(12)2/h5-7H,4,8H2,1-3H3,(H,13,15,16). The highest BCUT2D eigenvalue weighted by atomic mass is 32.2. The van der Waals surface area contributed by atoms with Crippen molar-refractivity contribution in [2.24, 2.45) is 7.05 Å². The second-order valence-electron chi connectivity index (χ2n) is 3.89. The molecule has 0 unspecified atom stereocenters. The van der Waals surface area contributed by atoms with Gasteiger partial charge in [-0.25, -0.2) is 15.0 Å². The van der Waals surface area contributed by atoms with Crippen LogP contribution < -0.4 is 5.32 Å². The molecule has 0 aromatic carbocycles. The quantitative estimate of drug-likeness (QED) is 0.815. The molecular formula is C12H17N5OS. The second kappa shape index (κ2) is 6.53. The van der Waals surface area contributed by atoms with E-state index in [-0.39, 0.29) is 0 Å². The third kappa shape index (κ3) is 3.68. The van der Waals surface area contributed by atoms with Crippen molar-refractivity contribution in [3.8, 4) is 0 Å². The van der Waals surface area contributed by atoms with Crippen LogP contribution in [0.5, 0.6) is 0 Å². The van der Waals surface area contributed by atoms with E-state index >= 15 is 0 Å². The number of rotatable bonds is 6. The molecular weight excluding hydrogens is 262 g/mol. The van der Waals surface area contributed by atoms with Crippen molar-refractivity contribution in [2.75, 3.05) is 19.0 Å². The number of nitrogens with zero attached hydrogens (tertiary/aromatic N) is 4. The Morgan fingerprint density at radius 2 is 2.26 bits per heavy atom. The molecule has 0 saturated heterocycles. The Morgan fingerprint density at radius 1 is 1.42 bits per heavy atom. The van der Waals surface area contributed by atoms with Gasteiger partial charge in [-0.2, -0.15) is 0 Å². The molecule has 0 aliphatic rings. The van der Waals surface area contributed by atoms with Crippen molar-refractivity contribution in [1.82, 2.24) is 19.5 Å². The minimum absolute atomic E-state index is 0.396. The SMILES string of the molecule is CCNc1cc(Sc2nccn2C)nc(COC)n1. The molecule has 0 bridgehead atoms. The Kier molecular flexibility index (Phi) is 4.75. The van der Waals surface area contributed by atoms with Crippen LogP contribution in [0.25, 0.3) is 0 Å². The maximum absolute atomic E-state index is 5.09. The van der Waals surface area contributed by atoms with E-state index in [2.05, 4.69) is 20.3 Å². The summed E-state index contributed by atoms with van der Waals surface area (Å²) < 4.78 is 7.05. The number of hydrogen-bond acceptors (Lipinski definition) is 6. The van der Waals surface area contributed by atoms with Gasteiger partial charge in [0.05, 0.1) is 0 Å². The fraction of sp³-hybridized carbons (Fsp3) is 0.417. The van der Waals surface area contributed by atoms with Crippen molar-refractivity contribution in [3.05, 3.63) is 24.3 Å². The van der Waals surface area contributed by atoms with E-state index in [0.717, 1.165) is 22.5 Å².